The highest BCUT2D eigenvalue weighted by Crippen LogP contribution is 2.38. The van der Waals surface area contributed by atoms with Gasteiger partial charge in [-0.3, -0.25) is 4.79 Å². The SMILES string of the molecule is NC(=O)[C@H](O)c1c(I)c(N)c(I)c(N)c1I. The number of aliphatic hydroxyl groups excluding tert-OH is 1. The summed E-state index contributed by atoms with van der Waals surface area (Å²) in [6, 6.07) is 0. The molecule has 0 saturated carbocycles. The minimum Gasteiger partial charge on any atom is -0.397 e. The van der Waals surface area contributed by atoms with Crippen LogP contribution in [0.1, 0.15) is 11.7 Å². The van der Waals surface area contributed by atoms with Crippen LogP contribution in [-0.2, 0) is 4.79 Å². The zero-order chi connectivity index (χ0) is 12.6. The number of hydrogen-bond acceptors (Lipinski definition) is 4. The molecular weight excluding hydrogens is 551 g/mol. The number of hydrogen-bond donors (Lipinski definition) is 4. The van der Waals surface area contributed by atoms with Gasteiger partial charge in [0.1, 0.15) is 0 Å². The molecular formula is C8H8I3N3O2. The number of amides is 1. The van der Waals surface area contributed by atoms with E-state index in [1.807, 2.05) is 67.8 Å². The Hall–Kier alpha value is 0.440. The number of anilines is 2. The Kier molecular flexibility index (Phi) is 4.88. The van der Waals surface area contributed by atoms with Gasteiger partial charge >= 0.3 is 0 Å². The highest BCUT2D eigenvalue weighted by Gasteiger charge is 2.25. The molecule has 1 rings (SSSR count). The monoisotopic (exact) mass is 559 g/mol. The van der Waals surface area contributed by atoms with Crippen molar-refractivity contribution in [3.8, 4) is 0 Å². The molecule has 8 heteroatoms. The van der Waals surface area contributed by atoms with Gasteiger partial charge in [-0.15, -0.1) is 0 Å². The Morgan fingerprint density at radius 1 is 1.06 bits per heavy atom. The number of rotatable bonds is 2. The molecule has 0 fully saturated rings. The highest BCUT2D eigenvalue weighted by molar-refractivity contribution is 14.1. The molecule has 1 amide bonds. The molecule has 1 aromatic carbocycles. The summed E-state index contributed by atoms with van der Waals surface area (Å²) >= 11 is 5.95. The second-order valence-corrected chi connectivity index (χ2v) is 6.22. The fourth-order valence-electron chi connectivity index (χ4n) is 1.11. The molecule has 0 aliphatic carbocycles. The third-order valence-electron chi connectivity index (χ3n) is 1.96. The maximum absolute atomic E-state index is 11.0. The van der Waals surface area contributed by atoms with E-state index >= 15 is 0 Å². The first-order valence-corrected chi connectivity index (χ1v) is 7.21. The van der Waals surface area contributed by atoms with Crippen LogP contribution in [0.3, 0.4) is 0 Å². The van der Waals surface area contributed by atoms with Gasteiger partial charge < -0.3 is 22.3 Å². The van der Waals surface area contributed by atoms with Crippen LogP contribution in [0, 0.1) is 10.7 Å². The minimum absolute atomic E-state index is 0.379. The molecule has 0 saturated heterocycles. The largest absolute Gasteiger partial charge is 0.397 e. The lowest BCUT2D eigenvalue weighted by Crippen LogP contribution is -2.23. The normalized spacial score (nSPS) is 12.5. The van der Waals surface area contributed by atoms with Gasteiger partial charge in [0.25, 0.3) is 5.91 Å². The van der Waals surface area contributed by atoms with Crippen molar-refractivity contribution in [2.75, 3.05) is 11.5 Å². The van der Waals surface area contributed by atoms with Crippen molar-refractivity contribution >= 4 is 85.1 Å². The maximum atomic E-state index is 11.0. The van der Waals surface area contributed by atoms with Crippen LogP contribution < -0.4 is 17.2 Å². The quantitative estimate of drug-likeness (QED) is 0.322. The number of primary amides is 1. The van der Waals surface area contributed by atoms with Crippen molar-refractivity contribution < 1.29 is 9.90 Å². The van der Waals surface area contributed by atoms with Crippen molar-refractivity contribution in [1.82, 2.24) is 0 Å². The Balaban J connectivity index is 3.57. The molecule has 0 radical (unpaired) electrons. The van der Waals surface area contributed by atoms with Gasteiger partial charge in [-0.25, -0.2) is 0 Å². The van der Waals surface area contributed by atoms with E-state index in [1.165, 1.54) is 0 Å². The second kappa shape index (κ2) is 5.39. The van der Waals surface area contributed by atoms with E-state index in [0.29, 0.717) is 27.6 Å². The highest BCUT2D eigenvalue weighted by atomic mass is 127. The van der Waals surface area contributed by atoms with E-state index in [1.54, 1.807) is 0 Å². The van der Waals surface area contributed by atoms with Crippen LogP contribution in [0.2, 0.25) is 0 Å². The third kappa shape index (κ3) is 2.48. The van der Waals surface area contributed by atoms with E-state index < -0.39 is 12.0 Å². The lowest BCUT2D eigenvalue weighted by atomic mass is 10.1. The topological polar surface area (TPSA) is 115 Å². The number of carbonyl (C=O) groups excluding carboxylic acids is 1. The van der Waals surface area contributed by atoms with Gasteiger partial charge in [0, 0.05) is 12.7 Å². The van der Waals surface area contributed by atoms with E-state index in [-0.39, 0.29) is 0 Å². The summed E-state index contributed by atoms with van der Waals surface area (Å²) in [5.74, 6) is -0.823. The molecule has 0 aliphatic rings. The molecule has 16 heavy (non-hydrogen) atoms. The summed E-state index contributed by atoms with van der Waals surface area (Å²) in [5.41, 5.74) is 18.0. The average Bonchev–Trinajstić information content (AvgIpc) is 2.23. The number of halogens is 3. The van der Waals surface area contributed by atoms with Crippen LogP contribution in [0.4, 0.5) is 11.4 Å². The number of nitrogen functional groups attached to an aromatic ring is 2. The predicted molar refractivity (Wildman–Crippen MR) is 87.6 cm³/mol. The first-order valence-electron chi connectivity index (χ1n) is 3.97. The van der Waals surface area contributed by atoms with Gasteiger partial charge in [-0.2, -0.15) is 0 Å². The molecule has 0 bridgehead atoms. The van der Waals surface area contributed by atoms with Crippen LogP contribution in [-0.4, -0.2) is 11.0 Å². The van der Waals surface area contributed by atoms with Gasteiger partial charge in [0.2, 0.25) is 0 Å². The smallest absolute Gasteiger partial charge is 0.250 e. The van der Waals surface area contributed by atoms with Crippen LogP contribution >= 0.6 is 67.8 Å². The minimum atomic E-state index is -1.39. The first-order chi connectivity index (χ1) is 7.29. The lowest BCUT2D eigenvalue weighted by molar-refractivity contribution is -0.126. The van der Waals surface area contributed by atoms with Crippen molar-refractivity contribution in [2.45, 2.75) is 6.10 Å². The van der Waals surface area contributed by atoms with Gasteiger partial charge in [-0.1, -0.05) is 0 Å². The Morgan fingerprint density at radius 2 is 1.44 bits per heavy atom. The molecule has 88 valence electrons. The Morgan fingerprint density at radius 3 is 1.75 bits per heavy atom. The molecule has 5 nitrogen and oxygen atoms in total. The Labute approximate surface area is 133 Å². The predicted octanol–water partition coefficient (Wildman–Crippen LogP) is 1.18. The summed E-state index contributed by atoms with van der Waals surface area (Å²) in [5, 5.41) is 9.70. The molecule has 1 atom stereocenters. The fraction of sp³-hybridized carbons (Fsp3) is 0.125. The molecule has 0 heterocycles. The van der Waals surface area contributed by atoms with Crippen molar-refractivity contribution in [1.29, 1.82) is 0 Å². The summed E-state index contributed by atoms with van der Waals surface area (Å²) in [6.45, 7) is 0. The average molecular weight is 559 g/mol. The van der Waals surface area contributed by atoms with Gasteiger partial charge in [0.15, 0.2) is 6.10 Å². The van der Waals surface area contributed by atoms with Gasteiger partial charge in [-0.05, 0) is 67.8 Å². The van der Waals surface area contributed by atoms with E-state index in [9.17, 15) is 9.90 Å². The number of nitrogens with two attached hydrogens (primary N) is 3. The van der Waals surface area contributed by atoms with Gasteiger partial charge in [0.05, 0.1) is 14.9 Å². The fourth-order valence-corrected chi connectivity index (χ4v) is 4.86. The third-order valence-corrected chi connectivity index (χ3v) is 5.45. The van der Waals surface area contributed by atoms with Crippen molar-refractivity contribution in [3.05, 3.63) is 16.3 Å². The molecule has 0 spiro atoms. The van der Waals surface area contributed by atoms with E-state index in [4.69, 9.17) is 17.2 Å². The van der Waals surface area contributed by atoms with Crippen LogP contribution in [0.25, 0.3) is 0 Å². The Bertz CT molecular complexity index is 435. The first kappa shape index (κ1) is 14.5. The summed E-state index contributed by atoms with van der Waals surface area (Å²) in [7, 11) is 0. The summed E-state index contributed by atoms with van der Waals surface area (Å²) in [4.78, 5) is 11.0. The second-order valence-electron chi connectivity index (χ2n) is 2.99. The summed E-state index contributed by atoms with van der Waals surface area (Å²) in [6.07, 6.45) is -1.39. The van der Waals surface area contributed by atoms with Crippen LogP contribution in [0.5, 0.6) is 0 Å². The van der Waals surface area contributed by atoms with E-state index in [0.717, 1.165) is 0 Å². The molecule has 7 N–H and O–H groups in total. The lowest BCUT2D eigenvalue weighted by Gasteiger charge is -2.17. The number of benzene rings is 1. The maximum Gasteiger partial charge on any atom is 0.250 e. The zero-order valence-corrected chi connectivity index (χ0v) is 14.3. The van der Waals surface area contributed by atoms with Crippen molar-refractivity contribution in [3.63, 3.8) is 0 Å². The number of carbonyl (C=O) groups is 1. The van der Waals surface area contributed by atoms with Crippen LogP contribution in [0.15, 0.2) is 0 Å². The zero-order valence-electron chi connectivity index (χ0n) is 7.80. The standard InChI is InChI=1S/C8H8I3N3O2/c9-2-1(7(15)8(14)16)3(10)6(13)4(11)5(2)12/h7,15H,12-13H2,(H2,14,16)/t7-/m1/s1. The van der Waals surface area contributed by atoms with E-state index in [2.05, 4.69) is 0 Å². The number of aliphatic hydroxyl groups is 1. The molecule has 1 aromatic rings. The van der Waals surface area contributed by atoms with Crippen molar-refractivity contribution in [2.24, 2.45) is 5.73 Å². The summed E-state index contributed by atoms with van der Waals surface area (Å²) < 4.78 is 1.92. The molecule has 0 aliphatic heterocycles. The molecule has 0 unspecified atom stereocenters. The molecule has 0 aromatic heterocycles.